The van der Waals surface area contributed by atoms with Gasteiger partial charge in [0.1, 0.15) is 6.10 Å². The lowest BCUT2D eigenvalue weighted by atomic mass is 10.0. The first-order valence-electron chi connectivity index (χ1n) is 10.1. The molecule has 3 heteroatoms. The Labute approximate surface area is 148 Å². The van der Waals surface area contributed by atoms with Crippen molar-refractivity contribution in [2.24, 2.45) is 0 Å². The van der Waals surface area contributed by atoms with Gasteiger partial charge in [-0.3, -0.25) is 4.79 Å². The van der Waals surface area contributed by atoms with E-state index in [0.717, 1.165) is 38.5 Å². The molecular weight excluding hydrogens is 300 g/mol. The Bertz CT molecular complexity index is 373. The van der Waals surface area contributed by atoms with Gasteiger partial charge in [-0.1, -0.05) is 64.7 Å². The summed E-state index contributed by atoms with van der Waals surface area (Å²) in [6.07, 6.45) is 19.5. The lowest BCUT2D eigenvalue weighted by molar-refractivity contribution is -0.144. The standard InChI is InChI=1S/C21H36O3/c1-2-3-4-12-15-20-16-13-10-8-6-5-7-9-11-14-19(22)17-18-21(23)24-20/h17-18,20H,2-16H2,1H3/b18-17+. The van der Waals surface area contributed by atoms with Crippen LogP contribution in [-0.2, 0) is 14.3 Å². The molecule has 0 aromatic carbocycles. The maximum Gasteiger partial charge on any atom is 0.331 e. The van der Waals surface area contributed by atoms with Crippen LogP contribution in [-0.4, -0.2) is 17.9 Å². The molecule has 1 atom stereocenters. The Morgan fingerprint density at radius 2 is 1.54 bits per heavy atom. The smallest absolute Gasteiger partial charge is 0.331 e. The fourth-order valence-corrected chi connectivity index (χ4v) is 3.24. The van der Waals surface area contributed by atoms with Crippen LogP contribution < -0.4 is 0 Å². The third-order valence-corrected chi connectivity index (χ3v) is 4.77. The van der Waals surface area contributed by atoms with Gasteiger partial charge in [0.15, 0.2) is 5.78 Å². The van der Waals surface area contributed by atoms with E-state index in [4.69, 9.17) is 4.74 Å². The predicted octanol–water partition coefficient (Wildman–Crippen LogP) is 5.91. The van der Waals surface area contributed by atoms with Crippen molar-refractivity contribution in [3.8, 4) is 0 Å². The summed E-state index contributed by atoms with van der Waals surface area (Å²) in [5.74, 6) is -0.311. The van der Waals surface area contributed by atoms with Crippen molar-refractivity contribution < 1.29 is 14.3 Å². The maximum atomic E-state index is 12.0. The van der Waals surface area contributed by atoms with Gasteiger partial charge >= 0.3 is 5.97 Å². The summed E-state index contributed by atoms with van der Waals surface area (Å²) in [6.45, 7) is 2.20. The van der Waals surface area contributed by atoms with Gasteiger partial charge in [0.25, 0.3) is 0 Å². The zero-order valence-electron chi connectivity index (χ0n) is 15.6. The Balaban J connectivity index is 2.49. The van der Waals surface area contributed by atoms with Gasteiger partial charge in [0, 0.05) is 12.5 Å². The molecule has 0 radical (unpaired) electrons. The average molecular weight is 337 g/mol. The first-order chi connectivity index (χ1) is 11.7. The molecule has 0 aromatic heterocycles. The number of hydrogen-bond donors (Lipinski definition) is 0. The van der Waals surface area contributed by atoms with Crippen molar-refractivity contribution in [2.75, 3.05) is 0 Å². The average Bonchev–Trinajstić information content (AvgIpc) is 2.57. The van der Waals surface area contributed by atoms with Crippen LogP contribution >= 0.6 is 0 Å². The van der Waals surface area contributed by atoms with E-state index in [1.54, 1.807) is 0 Å². The summed E-state index contributed by atoms with van der Waals surface area (Å²) in [5.41, 5.74) is 0. The number of rotatable bonds is 5. The van der Waals surface area contributed by atoms with E-state index >= 15 is 0 Å². The molecule has 1 aliphatic rings. The summed E-state index contributed by atoms with van der Waals surface area (Å²) in [7, 11) is 0. The van der Waals surface area contributed by atoms with Crippen molar-refractivity contribution in [2.45, 2.75) is 109 Å². The normalized spacial score (nSPS) is 23.6. The van der Waals surface area contributed by atoms with Crippen molar-refractivity contribution in [1.29, 1.82) is 0 Å². The van der Waals surface area contributed by atoms with Gasteiger partial charge in [0.2, 0.25) is 0 Å². The van der Waals surface area contributed by atoms with E-state index in [1.807, 2.05) is 0 Å². The molecular formula is C21H36O3. The quantitative estimate of drug-likeness (QED) is 0.463. The number of esters is 1. The predicted molar refractivity (Wildman–Crippen MR) is 99.0 cm³/mol. The van der Waals surface area contributed by atoms with Gasteiger partial charge in [-0.25, -0.2) is 4.79 Å². The van der Waals surface area contributed by atoms with Crippen LogP contribution in [0.15, 0.2) is 12.2 Å². The monoisotopic (exact) mass is 336 g/mol. The molecule has 0 saturated carbocycles. The molecule has 24 heavy (non-hydrogen) atoms. The van der Waals surface area contributed by atoms with Crippen LogP contribution in [0, 0.1) is 0 Å². The van der Waals surface area contributed by atoms with Gasteiger partial charge in [-0.2, -0.15) is 0 Å². The number of hydrogen-bond acceptors (Lipinski definition) is 3. The molecule has 1 heterocycles. The van der Waals surface area contributed by atoms with Crippen LogP contribution in [0.3, 0.4) is 0 Å². The molecule has 0 amide bonds. The number of carbonyl (C=O) groups excluding carboxylic acids is 2. The Morgan fingerprint density at radius 3 is 2.25 bits per heavy atom. The SMILES string of the molecule is CCCCCCC1CCCCCCCCCCC(=O)/C=C/C(=O)O1. The highest BCUT2D eigenvalue weighted by molar-refractivity contribution is 5.95. The van der Waals surface area contributed by atoms with Crippen molar-refractivity contribution in [3.63, 3.8) is 0 Å². The fourth-order valence-electron chi connectivity index (χ4n) is 3.24. The summed E-state index contributed by atoms with van der Waals surface area (Å²) in [6, 6.07) is 0. The minimum Gasteiger partial charge on any atom is -0.459 e. The zero-order valence-corrected chi connectivity index (χ0v) is 15.6. The molecule has 0 fully saturated rings. The molecule has 0 saturated heterocycles. The number of unbranched alkanes of at least 4 members (excludes halogenated alkanes) is 3. The fraction of sp³-hybridized carbons (Fsp3) is 0.810. The molecule has 0 aliphatic carbocycles. The third kappa shape index (κ3) is 11.4. The minimum absolute atomic E-state index is 0.0158. The lowest BCUT2D eigenvalue weighted by Gasteiger charge is -2.17. The van der Waals surface area contributed by atoms with Crippen LogP contribution in [0.4, 0.5) is 0 Å². The number of ketones is 1. The molecule has 0 N–H and O–H groups in total. The zero-order chi connectivity index (χ0) is 17.5. The van der Waals surface area contributed by atoms with E-state index in [1.165, 1.54) is 63.5 Å². The van der Waals surface area contributed by atoms with Crippen LogP contribution in [0.2, 0.25) is 0 Å². The van der Waals surface area contributed by atoms with Crippen LogP contribution in [0.5, 0.6) is 0 Å². The largest absolute Gasteiger partial charge is 0.459 e. The van der Waals surface area contributed by atoms with Gasteiger partial charge in [-0.05, 0) is 38.2 Å². The highest BCUT2D eigenvalue weighted by Crippen LogP contribution is 2.17. The van der Waals surface area contributed by atoms with Gasteiger partial charge in [0.05, 0.1) is 0 Å². The second-order valence-corrected chi connectivity index (χ2v) is 7.07. The van der Waals surface area contributed by atoms with Crippen molar-refractivity contribution in [3.05, 3.63) is 12.2 Å². The highest BCUT2D eigenvalue weighted by atomic mass is 16.5. The molecule has 0 bridgehead atoms. The van der Waals surface area contributed by atoms with Crippen molar-refractivity contribution in [1.82, 2.24) is 0 Å². The van der Waals surface area contributed by atoms with E-state index in [0.29, 0.717) is 6.42 Å². The molecule has 1 rings (SSSR count). The first-order valence-corrected chi connectivity index (χ1v) is 10.1. The Kier molecular flexibility index (Phi) is 12.4. The Morgan fingerprint density at radius 1 is 0.875 bits per heavy atom. The summed E-state index contributed by atoms with van der Waals surface area (Å²) >= 11 is 0. The third-order valence-electron chi connectivity index (χ3n) is 4.77. The maximum absolute atomic E-state index is 12.0. The number of ether oxygens (including phenoxy) is 1. The lowest BCUT2D eigenvalue weighted by Crippen LogP contribution is -2.17. The second kappa shape index (κ2) is 14.2. The summed E-state index contributed by atoms with van der Waals surface area (Å²) in [5, 5.41) is 0. The number of allylic oxidation sites excluding steroid dienone is 1. The molecule has 0 spiro atoms. The second-order valence-electron chi connectivity index (χ2n) is 7.07. The van der Waals surface area contributed by atoms with E-state index in [2.05, 4.69) is 6.92 Å². The molecule has 1 unspecified atom stereocenters. The Hall–Kier alpha value is -1.12. The van der Waals surface area contributed by atoms with E-state index in [9.17, 15) is 9.59 Å². The van der Waals surface area contributed by atoms with E-state index in [-0.39, 0.29) is 17.9 Å². The molecule has 3 nitrogen and oxygen atoms in total. The van der Waals surface area contributed by atoms with Crippen LogP contribution in [0.25, 0.3) is 0 Å². The summed E-state index contributed by atoms with van der Waals surface area (Å²) in [4.78, 5) is 23.7. The molecule has 1 aliphatic heterocycles. The first kappa shape index (κ1) is 20.9. The van der Waals surface area contributed by atoms with Gasteiger partial charge in [-0.15, -0.1) is 0 Å². The minimum atomic E-state index is -0.351. The van der Waals surface area contributed by atoms with Crippen LogP contribution in [0.1, 0.15) is 103 Å². The summed E-state index contributed by atoms with van der Waals surface area (Å²) < 4.78 is 5.60. The molecule has 138 valence electrons. The number of cyclic esters (lactones) is 1. The topological polar surface area (TPSA) is 43.4 Å². The number of carbonyl (C=O) groups is 2. The van der Waals surface area contributed by atoms with E-state index < -0.39 is 0 Å². The van der Waals surface area contributed by atoms with Gasteiger partial charge < -0.3 is 4.74 Å². The molecule has 0 aromatic rings. The highest BCUT2D eigenvalue weighted by Gasteiger charge is 2.13. The van der Waals surface area contributed by atoms with Crippen molar-refractivity contribution >= 4 is 11.8 Å².